The molecule has 6 nitrogen and oxygen atoms in total. The van der Waals surface area contributed by atoms with Crippen molar-refractivity contribution < 1.29 is 28.7 Å². The lowest BCUT2D eigenvalue weighted by atomic mass is 9.64. The minimum absolute atomic E-state index is 0.0194. The molecule has 6 atom stereocenters. The Labute approximate surface area is 312 Å². The van der Waals surface area contributed by atoms with Crippen LogP contribution in [-0.4, -0.2) is 36.3 Å². The van der Waals surface area contributed by atoms with Crippen molar-refractivity contribution in [2.24, 2.45) is 46.3 Å². The number of hydrogen-bond acceptors (Lipinski definition) is 6. The van der Waals surface area contributed by atoms with E-state index in [0.717, 1.165) is 49.7 Å². The summed E-state index contributed by atoms with van der Waals surface area (Å²) in [6, 6.07) is 14.2. The molecule has 2 aliphatic carbocycles. The average molecular weight is 711 g/mol. The van der Waals surface area contributed by atoms with Crippen LogP contribution in [0.25, 0.3) is 0 Å². The lowest BCUT2D eigenvalue weighted by Crippen LogP contribution is -2.37. The highest BCUT2D eigenvalue weighted by atomic mass is 16.5. The Kier molecular flexibility index (Phi) is 13.7. The molecule has 52 heavy (non-hydrogen) atoms. The summed E-state index contributed by atoms with van der Waals surface area (Å²) < 4.78 is 11.7. The van der Waals surface area contributed by atoms with Gasteiger partial charge in [-0.3, -0.25) is 19.2 Å². The molecule has 0 heterocycles. The summed E-state index contributed by atoms with van der Waals surface area (Å²) in [7, 11) is 0. The molecule has 0 aromatic heterocycles. The highest BCUT2D eigenvalue weighted by Gasteiger charge is 2.41. The van der Waals surface area contributed by atoms with E-state index in [9.17, 15) is 19.2 Å². The largest absolute Gasteiger partial charge is 0.490 e. The van der Waals surface area contributed by atoms with E-state index in [4.69, 9.17) is 9.47 Å². The quantitative estimate of drug-likeness (QED) is 0.0923. The van der Waals surface area contributed by atoms with Crippen LogP contribution in [0.5, 0.6) is 11.5 Å². The minimum Gasteiger partial charge on any atom is -0.490 e. The normalized spacial score (nSPS) is 22.1. The maximum Gasteiger partial charge on any atom is 0.165 e. The lowest BCUT2D eigenvalue weighted by molar-refractivity contribution is -0.127. The summed E-state index contributed by atoms with van der Waals surface area (Å²) in [4.78, 5) is 53.3. The van der Waals surface area contributed by atoms with Crippen molar-refractivity contribution in [1.82, 2.24) is 0 Å². The number of Topliss-reactive ketones (excluding diaryl/α,β-unsaturated/α-hetero) is 4. The number of ether oxygens (including phenoxy) is 2. The van der Waals surface area contributed by atoms with Crippen LogP contribution in [0.3, 0.4) is 0 Å². The van der Waals surface area contributed by atoms with Gasteiger partial charge >= 0.3 is 0 Å². The molecule has 2 aromatic carbocycles. The Bertz CT molecular complexity index is 1490. The fourth-order valence-electron chi connectivity index (χ4n) is 8.57. The number of carbonyl (C=O) groups is 4. The number of carbonyl (C=O) groups excluding carboxylic acids is 4. The lowest BCUT2D eigenvalue weighted by Gasteiger charge is -2.39. The molecule has 6 unspecified atom stereocenters. The third-order valence-corrected chi connectivity index (χ3v) is 12.1. The van der Waals surface area contributed by atoms with Crippen LogP contribution in [0.15, 0.2) is 72.8 Å². The van der Waals surface area contributed by atoms with E-state index < -0.39 is 0 Å². The second kappa shape index (κ2) is 17.4. The van der Waals surface area contributed by atoms with E-state index in [-0.39, 0.29) is 69.5 Å². The number of hydrogen-bond donors (Lipinski definition) is 0. The third-order valence-electron chi connectivity index (χ3n) is 12.1. The Morgan fingerprint density at radius 2 is 0.942 bits per heavy atom. The Morgan fingerprint density at radius 1 is 0.615 bits per heavy atom. The highest BCUT2D eigenvalue weighted by Crippen LogP contribution is 2.46. The topological polar surface area (TPSA) is 86.7 Å². The van der Waals surface area contributed by atoms with Crippen LogP contribution in [0.2, 0.25) is 0 Å². The van der Waals surface area contributed by atoms with Crippen LogP contribution in [0.1, 0.15) is 127 Å². The number of ketones is 4. The molecule has 0 saturated heterocycles. The SMILES string of the molecule is C=C1CCCC(C)(C)C1C(=O)CC(C)C(C)C(=O)c1ccc(OCCOc2ccc(C(=O)C(C)C(C)CC(=O)C3C(=C)CCCC3(C)C)cc2)cc1. The van der Waals surface area contributed by atoms with Crippen LogP contribution >= 0.6 is 0 Å². The molecule has 0 amide bonds. The van der Waals surface area contributed by atoms with Crippen LogP contribution in [-0.2, 0) is 9.59 Å². The predicted octanol–water partition coefficient (Wildman–Crippen LogP) is 10.7. The van der Waals surface area contributed by atoms with Crippen molar-refractivity contribution in [3.05, 3.63) is 84.0 Å². The van der Waals surface area contributed by atoms with Crippen molar-refractivity contribution in [3.63, 3.8) is 0 Å². The zero-order valence-electron chi connectivity index (χ0n) is 33.0. The highest BCUT2D eigenvalue weighted by molar-refractivity contribution is 5.99. The molecule has 0 N–H and O–H groups in total. The predicted molar refractivity (Wildman–Crippen MR) is 209 cm³/mol. The van der Waals surface area contributed by atoms with E-state index >= 15 is 0 Å². The number of benzene rings is 2. The summed E-state index contributed by atoms with van der Waals surface area (Å²) >= 11 is 0. The van der Waals surface area contributed by atoms with Crippen LogP contribution in [0.4, 0.5) is 0 Å². The van der Waals surface area contributed by atoms with Gasteiger partial charge in [-0.25, -0.2) is 0 Å². The first kappa shape index (κ1) is 41.0. The summed E-state index contributed by atoms with van der Waals surface area (Å²) in [6.07, 6.45) is 6.73. The van der Waals surface area contributed by atoms with Crippen molar-refractivity contribution in [3.8, 4) is 11.5 Å². The third kappa shape index (κ3) is 9.99. The van der Waals surface area contributed by atoms with Gasteiger partial charge in [-0.2, -0.15) is 0 Å². The number of rotatable bonds is 17. The van der Waals surface area contributed by atoms with Gasteiger partial charge in [0, 0.05) is 47.6 Å². The Balaban J connectivity index is 1.20. The Morgan fingerprint density at radius 3 is 1.25 bits per heavy atom. The Hall–Kier alpha value is -3.80. The standard InChI is InChI=1S/C46H62O6/c1-29-13-11-23-45(7,8)41(29)39(47)27-31(3)33(5)43(49)35-15-19-37(20-16-35)51-25-26-52-38-21-17-36(18-22-38)44(50)34(6)32(4)28-40(48)42-30(2)14-12-24-46(42,9)10/h15-22,31-34,41-42H,1-2,11-14,23-28H2,3-10H3. The van der Waals surface area contributed by atoms with Crippen LogP contribution < -0.4 is 9.47 Å². The van der Waals surface area contributed by atoms with E-state index in [2.05, 4.69) is 40.9 Å². The van der Waals surface area contributed by atoms with Gasteiger partial charge in [0.1, 0.15) is 36.3 Å². The van der Waals surface area contributed by atoms with E-state index in [1.807, 2.05) is 27.7 Å². The first-order valence-electron chi connectivity index (χ1n) is 19.4. The summed E-state index contributed by atoms with van der Waals surface area (Å²) in [5.74, 6) is 0.700. The summed E-state index contributed by atoms with van der Waals surface area (Å²) in [6.45, 7) is 25.4. The molecule has 282 valence electrons. The fourth-order valence-corrected chi connectivity index (χ4v) is 8.57. The molecule has 6 heteroatoms. The monoisotopic (exact) mass is 710 g/mol. The van der Waals surface area contributed by atoms with E-state index in [1.54, 1.807) is 48.5 Å². The molecule has 0 aliphatic heterocycles. The van der Waals surface area contributed by atoms with Crippen LogP contribution in [0, 0.1) is 46.3 Å². The van der Waals surface area contributed by atoms with Gasteiger partial charge in [0.15, 0.2) is 11.6 Å². The second-order valence-electron chi connectivity index (χ2n) is 17.2. The van der Waals surface area contributed by atoms with Crippen molar-refractivity contribution >= 4 is 23.1 Å². The first-order valence-corrected chi connectivity index (χ1v) is 19.4. The first-order chi connectivity index (χ1) is 24.4. The molecule has 2 aliphatic rings. The second-order valence-corrected chi connectivity index (χ2v) is 17.2. The molecule has 2 fully saturated rings. The molecular weight excluding hydrogens is 648 g/mol. The maximum atomic E-state index is 13.3. The van der Waals surface area contributed by atoms with Crippen molar-refractivity contribution in [1.29, 1.82) is 0 Å². The zero-order valence-corrected chi connectivity index (χ0v) is 33.0. The average Bonchev–Trinajstić information content (AvgIpc) is 3.08. The molecule has 2 saturated carbocycles. The van der Waals surface area contributed by atoms with Crippen molar-refractivity contribution in [2.75, 3.05) is 13.2 Å². The minimum atomic E-state index is -0.290. The molecule has 4 rings (SSSR count). The van der Waals surface area contributed by atoms with Gasteiger partial charge in [0.25, 0.3) is 0 Å². The van der Waals surface area contributed by atoms with Crippen molar-refractivity contribution in [2.45, 2.75) is 107 Å². The van der Waals surface area contributed by atoms with Gasteiger partial charge in [-0.15, -0.1) is 0 Å². The summed E-state index contributed by atoms with van der Waals surface area (Å²) in [5, 5.41) is 0. The van der Waals surface area contributed by atoms with Gasteiger partial charge in [-0.05, 0) is 110 Å². The molecule has 0 radical (unpaired) electrons. The van der Waals surface area contributed by atoms with Gasteiger partial charge in [0.05, 0.1) is 0 Å². The molecule has 0 bridgehead atoms. The van der Waals surface area contributed by atoms with E-state index in [1.165, 1.54) is 0 Å². The maximum absolute atomic E-state index is 13.3. The fraction of sp³-hybridized carbons (Fsp3) is 0.565. The summed E-state index contributed by atoms with van der Waals surface area (Å²) in [5.41, 5.74) is 3.09. The molecule has 0 spiro atoms. The smallest absolute Gasteiger partial charge is 0.165 e. The van der Waals surface area contributed by atoms with Gasteiger partial charge < -0.3 is 9.47 Å². The number of allylic oxidation sites excluding steroid dienone is 2. The van der Waals surface area contributed by atoms with Gasteiger partial charge in [0.2, 0.25) is 0 Å². The zero-order chi connectivity index (χ0) is 38.4. The molecule has 2 aromatic rings. The van der Waals surface area contributed by atoms with E-state index in [0.29, 0.717) is 48.7 Å². The van der Waals surface area contributed by atoms with Gasteiger partial charge in [-0.1, -0.05) is 79.7 Å². The molecular formula is C46H62O6.